The zero-order chi connectivity index (χ0) is 58.8. The van der Waals surface area contributed by atoms with E-state index in [9.17, 15) is 44.3 Å². The predicted molar refractivity (Wildman–Crippen MR) is 295 cm³/mol. The van der Waals surface area contributed by atoms with Crippen molar-refractivity contribution >= 4 is 68.1 Å². The minimum atomic E-state index is -4.58. The lowest BCUT2D eigenvalue weighted by molar-refractivity contribution is -0.138. The number of Topliss-reactive ketones (excluding diaryl/α,β-unsaturated/α-hetero) is 2. The minimum Gasteiger partial charge on any atom is -0.456 e. The summed E-state index contributed by atoms with van der Waals surface area (Å²) in [5.74, 6) is 1.36. The summed E-state index contributed by atoms with van der Waals surface area (Å²) in [5, 5.41) is 8.11. The van der Waals surface area contributed by atoms with Crippen LogP contribution >= 0.6 is 46.4 Å². The van der Waals surface area contributed by atoms with Gasteiger partial charge in [-0.15, -0.1) is 0 Å². The zero-order valence-corrected chi connectivity index (χ0v) is 46.4. The van der Waals surface area contributed by atoms with Gasteiger partial charge in [0, 0.05) is 87.8 Å². The van der Waals surface area contributed by atoms with E-state index in [0.717, 1.165) is 41.0 Å². The van der Waals surface area contributed by atoms with Gasteiger partial charge >= 0.3 is 12.4 Å². The lowest BCUT2D eigenvalue weighted by Gasteiger charge is -2.11. The summed E-state index contributed by atoms with van der Waals surface area (Å²) in [5.41, 5.74) is 3.53. The molecule has 5 aromatic carbocycles. The number of hydrogen-bond donors (Lipinski definition) is 1. The number of aryl methyl sites for hydroxylation is 3. The second kappa shape index (κ2) is 26.3. The number of ketones is 2. The lowest BCUT2D eigenvalue weighted by Crippen LogP contribution is -2.10. The molecule has 0 aliphatic rings. The Hall–Kier alpha value is -7.59. The second-order valence-electron chi connectivity index (χ2n) is 17.9. The molecule has 420 valence electrons. The summed E-state index contributed by atoms with van der Waals surface area (Å²) >= 11 is 24.2. The molecule has 81 heavy (non-hydrogen) atoms. The van der Waals surface area contributed by atoms with Crippen molar-refractivity contribution in [1.29, 1.82) is 0 Å². The Morgan fingerprint density at radius 1 is 0.543 bits per heavy atom. The maximum Gasteiger partial charge on any atom is 0.417 e. The first kappa shape index (κ1) is 61.0. The fraction of sp³-hybridized carbons (Fsp3) is 0.158. The van der Waals surface area contributed by atoms with Gasteiger partial charge in [-0.25, -0.2) is 0 Å². The van der Waals surface area contributed by atoms with Crippen LogP contribution in [0.25, 0.3) is 22.5 Å². The van der Waals surface area contributed by atoms with Gasteiger partial charge in [0.1, 0.15) is 44.6 Å². The van der Waals surface area contributed by atoms with Gasteiger partial charge in [0.15, 0.2) is 0 Å². The SMILES string of the molecule is Cc1ccc(S(=O)(=O)O)cc1.Cn1cc(-c2nccc(Oc3ccc(CC(=O)Cc4ccc(Cl)c(C(F)(F)F)c4)cc3)c2Cl)cn1.Cn1cc(-c2nccc(Oc3ccc(CC(=O)Cc4ccc(Cl)c(C(F)(F)F)c4)cc3)c2Cl)cn1. The molecule has 0 fully saturated rings. The van der Waals surface area contributed by atoms with Crippen LogP contribution < -0.4 is 9.47 Å². The maximum absolute atomic E-state index is 13.0. The smallest absolute Gasteiger partial charge is 0.417 e. The molecule has 4 heterocycles. The van der Waals surface area contributed by atoms with Crippen LogP contribution in [-0.4, -0.2) is 54.1 Å². The van der Waals surface area contributed by atoms with Crippen molar-refractivity contribution in [3.63, 3.8) is 0 Å². The van der Waals surface area contributed by atoms with E-state index in [1.165, 1.54) is 24.3 Å². The second-order valence-corrected chi connectivity index (χ2v) is 20.9. The van der Waals surface area contributed by atoms with Gasteiger partial charge in [0.25, 0.3) is 10.1 Å². The van der Waals surface area contributed by atoms with Crippen molar-refractivity contribution in [2.45, 2.75) is 49.9 Å². The average Bonchev–Trinajstić information content (AvgIpc) is 4.05. The van der Waals surface area contributed by atoms with E-state index in [0.29, 0.717) is 55.6 Å². The van der Waals surface area contributed by atoms with Crippen molar-refractivity contribution in [2.24, 2.45) is 14.1 Å². The van der Waals surface area contributed by atoms with Gasteiger partial charge in [-0.3, -0.25) is 33.5 Å². The van der Waals surface area contributed by atoms with Gasteiger partial charge < -0.3 is 9.47 Å². The summed E-state index contributed by atoms with van der Waals surface area (Å²) in [6.45, 7) is 1.84. The number of hydrogen-bond acceptors (Lipinski definition) is 10. The molecule has 0 unspecified atom stereocenters. The Morgan fingerprint density at radius 3 is 1.23 bits per heavy atom. The quantitative estimate of drug-likeness (QED) is 0.0766. The molecular weight excluding hydrogens is 1170 g/mol. The molecule has 4 aromatic heterocycles. The number of pyridine rings is 2. The molecule has 0 radical (unpaired) electrons. The fourth-order valence-electron chi connectivity index (χ4n) is 7.65. The van der Waals surface area contributed by atoms with Gasteiger partial charge in [-0.1, -0.05) is 100 Å². The number of alkyl halides is 6. The standard InChI is InChI=1S/2C25H18Cl2F3N3O2.C7H8O3S/c2*1-33-14-17(13-32-33)24-23(27)22(8-9-31-24)35-19-5-2-15(3-6-19)10-18(34)11-16-4-7-21(26)20(12-16)25(28,29)30;1-6-2-4-7(5-3-6)11(8,9)10/h2*2-9,12-14H,10-11H2,1H3;2-5H,1H3,(H,8,9,10). The average molecular weight is 1210 g/mol. The van der Waals surface area contributed by atoms with Crippen LogP contribution in [0.2, 0.25) is 20.1 Å². The number of halogens is 10. The number of aromatic nitrogens is 6. The van der Waals surface area contributed by atoms with Crippen LogP contribution in [0.1, 0.15) is 38.9 Å². The molecule has 0 bridgehead atoms. The first-order valence-corrected chi connectivity index (χ1v) is 26.7. The van der Waals surface area contributed by atoms with Crippen LogP contribution in [0.5, 0.6) is 23.0 Å². The first-order valence-electron chi connectivity index (χ1n) is 23.8. The van der Waals surface area contributed by atoms with E-state index < -0.39 is 43.6 Å². The summed E-state index contributed by atoms with van der Waals surface area (Å²) in [6.07, 6.45) is 0.729. The van der Waals surface area contributed by atoms with Crippen molar-refractivity contribution in [1.82, 2.24) is 29.5 Å². The number of rotatable bonds is 15. The number of carbonyl (C=O) groups is 2. The van der Waals surface area contributed by atoms with Crippen molar-refractivity contribution in [3.8, 4) is 45.5 Å². The Morgan fingerprint density at radius 2 is 0.901 bits per heavy atom. The van der Waals surface area contributed by atoms with Gasteiger partial charge in [-0.05, 0) is 89.8 Å². The van der Waals surface area contributed by atoms with Crippen LogP contribution in [0, 0.1) is 6.92 Å². The number of ether oxygens (including phenoxy) is 2. The van der Waals surface area contributed by atoms with Gasteiger partial charge in [-0.2, -0.15) is 45.0 Å². The van der Waals surface area contributed by atoms with Crippen LogP contribution in [0.3, 0.4) is 0 Å². The number of carbonyl (C=O) groups excluding carboxylic acids is 2. The van der Waals surface area contributed by atoms with Gasteiger partial charge in [0.2, 0.25) is 0 Å². The summed E-state index contributed by atoms with van der Waals surface area (Å²) in [6, 6.07) is 29.9. The predicted octanol–water partition coefficient (Wildman–Crippen LogP) is 15.2. The molecular formula is C57H44Cl4F6N6O7S. The maximum atomic E-state index is 13.0. The summed E-state index contributed by atoms with van der Waals surface area (Å²) < 4.78 is 123. The topological polar surface area (TPSA) is 168 Å². The highest BCUT2D eigenvalue weighted by Crippen LogP contribution is 2.39. The molecule has 0 saturated carbocycles. The molecule has 0 aliphatic heterocycles. The molecule has 0 saturated heterocycles. The molecule has 13 nitrogen and oxygen atoms in total. The van der Waals surface area contributed by atoms with Crippen molar-refractivity contribution in [2.75, 3.05) is 0 Å². The molecule has 0 amide bonds. The van der Waals surface area contributed by atoms with E-state index in [-0.39, 0.29) is 53.3 Å². The molecule has 24 heteroatoms. The van der Waals surface area contributed by atoms with Crippen LogP contribution in [0.4, 0.5) is 26.3 Å². The molecule has 9 aromatic rings. The molecule has 0 aliphatic carbocycles. The number of nitrogens with zero attached hydrogens (tertiary/aromatic N) is 6. The van der Waals surface area contributed by atoms with Crippen molar-refractivity contribution in [3.05, 3.63) is 218 Å². The van der Waals surface area contributed by atoms with E-state index >= 15 is 0 Å². The summed E-state index contributed by atoms with van der Waals surface area (Å²) in [4.78, 5) is 33.4. The van der Waals surface area contributed by atoms with Crippen LogP contribution in [-0.2, 0) is 71.8 Å². The fourth-order valence-corrected chi connectivity index (χ4v) is 9.10. The third-order valence-corrected chi connectivity index (χ3v) is 13.8. The van der Waals surface area contributed by atoms with E-state index in [2.05, 4.69) is 20.2 Å². The Labute approximate surface area is 480 Å². The van der Waals surface area contributed by atoms with E-state index in [1.807, 2.05) is 6.92 Å². The third-order valence-electron chi connectivity index (χ3n) is 11.6. The third kappa shape index (κ3) is 17.2. The normalized spacial score (nSPS) is 11.5. The largest absolute Gasteiger partial charge is 0.456 e. The van der Waals surface area contributed by atoms with Crippen molar-refractivity contribution < 1.29 is 58.4 Å². The first-order chi connectivity index (χ1) is 38.2. The minimum absolute atomic E-state index is 0.0609. The van der Waals surface area contributed by atoms with E-state index in [1.54, 1.807) is 133 Å². The van der Waals surface area contributed by atoms with Gasteiger partial charge in [0.05, 0.1) is 49.8 Å². The lowest BCUT2D eigenvalue weighted by atomic mass is 10.0. The molecule has 0 atom stereocenters. The van der Waals surface area contributed by atoms with Crippen LogP contribution in [0.15, 0.2) is 163 Å². The molecule has 0 spiro atoms. The highest BCUT2D eigenvalue weighted by atomic mass is 35.5. The number of benzene rings is 5. The Balaban J connectivity index is 0.000000197. The highest BCUT2D eigenvalue weighted by molar-refractivity contribution is 7.85. The zero-order valence-electron chi connectivity index (χ0n) is 42.6. The summed E-state index contributed by atoms with van der Waals surface area (Å²) in [7, 11) is -0.438. The Kier molecular flexibility index (Phi) is 19.8. The Bertz CT molecular complexity index is 3590. The monoisotopic (exact) mass is 1210 g/mol. The highest BCUT2D eigenvalue weighted by Gasteiger charge is 2.34. The van der Waals surface area contributed by atoms with E-state index in [4.69, 9.17) is 60.4 Å². The molecule has 1 N–H and O–H groups in total. The molecule has 9 rings (SSSR count).